The number of para-hydroxylation sites is 1. The van der Waals surface area contributed by atoms with Crippen molar-refractivity contribution in [3.05, 3.63) is 59.2 Å². The highest BCUT2D eigenvalue weighted by molar-refractivity contribution is 6.05. The third kappa shape index (κ3) is 6.08. The Kier molecular flexibility index (Phi) is 8.25. The van der Waals surface area contributed by atoms with Crippen molar-refractivity contribution in [1.29, 1.82) is 0 Å². The number of anilines is 1. The molecule has 29 heavy (non-hydrogen) atoms. The molecule has 0 saturated carbocycles. The first kappa shape index (κ1) is 22.5. The second-order valence-electron chi connectivity index (χ2n) is 7.05. The zero-order valence-corrected chi connectivity index (χ0v) is 18.0. The Hall–Kier alpha value is -2.82. The molecule has 0 aliphatic heterocycles. The fraction of sp³-hybridized carbons (Fsp3) is 0.417. The molecule has 0 unspecified atom stereocenters. The molecule has 0 fully saturated rings. The molecule has 2 atom stereocenters. The number of hydrogen-bond acceptors (Lipinski definition) is 4. The molecule has 1 amide bonds. The minimum Gasteiger partial charge on any atom is -0.479 e. The molecular formula is C24H31NO4. The highest BCUT2D eigenvalue weighted by Crippen LogP contribution is 2.24. The summed E-state index contributed by atoms with van der Waals surface area (Å²) in [6.45, 7) is 9.60. The number of nitrogens with one attached hydrogen (secondary N) is 1. The van der Waals surface area contributed by atoms with Crippen LogP contribution in [0.15, 0.2) is 42.5 Å². The van der Waals surface area contributed by atoms with Gasteiger partial charge < -0.3 is 14.8 Å². The van der Waals surface area contributed by atoms with E-state index in [1.807, 2.05) is 32.0 Å². The van der Waals surface area contributed by atoms with Crippen LogP contribution in [-0.2, 0) is 22.4 Å². The normalized spacial score (nSPS) is 12.7. The van der Waals surface area contributed by atoms with Gasteiger partial charge in [0, 0.05) is 11.3 Å². The van der Waals surface area contributed by atoms with Crippen LogP contribution in [0.4, 0.5) is 5.69 Å². The van der Waals surface area contributed by atoms with Crippen LogP contribution in [-0.4, -0.2) is 24.1 Å². The van der Waals surface area contributed by atoms with Gasteiger partial charge in [-0.1, -0.05) is 39.0 Å². The molecule has 0 aliphatic carbocycles. The van der Waals surface area contributed by atoms with Gasteiger partial charge in [0.15, 0.2) is 6.10 Å². The monoisotopic (exact) mass is 397 g/mol. The van der Waals surface area contributed by atoms with Gasteiger partial charge in [-0.2, -0.15) is 0 Å². The van der Waals surface area contributed by atoms with Crippen molar-refractivity contribution < 1.29 is 19.1 Å². The van der Waals surface area contributed by atoms with Crippen molar-refractivity contribution in [3.8, 4) is 5.75 Å². The average molecular weight is 398 g/mol. The Morgan fingerprint density at radius 3 is 2.03 bits per heavy atom. The van der Waals surface area contributed by atoms with Crippen molar-refractivity contribution >= 4 is 17.6 Å². The molecule has 0 bridgehead atoms. The Morgan fingerprint density at radius 1 is 0.931 bits per heavy atom. The van der Waals surface area contributed by atoms with Crippen LogP contribution >= 0.6 is 0 Å². The van der Waals surface area contributed by atoms with E-state index >= 15 is 0 Å². The highest BCUT2D eigenvalue weighted by Gasteiger charge is 2.19. The van der Waals surface area contributed by atoms with Crippen LogP contribution in [0.3, 0.4) is 0 Å². The van der Waals surface area contributed by atoms with E-state index in [-0.39, 0.29) is 12.0 Å². The number of carbonyl (C=O) groups is 2. The maximum Gasteiger partial charge on any atom is 0.347 e. The summed E-state index contributed by atoms with van der Waals surface area (Å²) in [5.41, 5.74) is 3.65. The lowest BCUT2D eigenvalue weighted by Crippen LogP contribution is -2.29. The Bertz CT molecular complexity index is 807. The first-order chi connectivity index (χ1) is 13.9. The van der Waals surface area contributed by atoms with Gasteiger partial charge in [-0.3, -0.25) is 4.79 Å². The van der Waals surface area contributed by atoms with Crippen molar-refractivity contribution in [2.24, 2.45) is 0 Å². The van der Waals surface area contributed by atoms with E-state index in [1.54, 1.807) is 31.2 Å². The zero-order chi connectivity index (χ0) is 21.4. The Balaban J connectivity index is 2.05. The zero-order valence-electron chi connectivity index (χ0n) is 18.0. The molecule has 0 aliphatic rings. The summed E-state index contributed by atoms with van der Waals surface area (Å²) in [6, 6.07) is 12.8. The predicted octanol–water partition coefficient (Wildman–Crippen LogP) is 5.17. The minimum atomic E-state index is -0.716. The van der Waals surface area contributed by atoms with Gasteiger partial charge in [0.1, 0.15) is 5.75 Å². The molecule has 1 N–H and O–H groups in total. The molecule has 0 heterocycles. The molecular weight excluding hydrogens is 366 g/mol. The van der Waals surface area contributed by atoms with Crippen LogP contribution < -0.4 is 10.1 Å². The average Bonchev–Trinajstić information content (AvgIpc) is 2.73. The number of amides is 1. The fourth-order valence-corrected chi connectivity index (χ4v) is 2.90. The number of benzene rings is 2. The summed E-state index contributed by atoms with van der Waals surface area (Å²) in [7, 11) is 0. The van der Waals surface area contributed by atoms with Gasteiger partial charge in [-0.05, 0) is 68.5 Å². The first-order valence-electron chi connectivity index (χ1n) is 10.3. The molecule has 2 aromatic carbocycles. The predicted molar refractivity (Wildman–Crippen MR) is 116 cm³/mol. The van der Waals surface area contributed by atoms with Gasteiger partial charge in [-0.25, -0.2) is 4.79 Å². The lowest BCUT2D eigenvalue weighted by molar-refractivity contribution is -0.155. The first-order valence-corrected chi connectivity index (χ1v) is 10.3. The summed E-state index contributed by atoms with van der Waals surface area (Å²) in [5, 5.41) is 3.05. The maximum absolute atomic E-state index is 12.7. The number of hydrogen-bond donors (Lipinski definition) is 1. The summed E-state index contributed by atoms with van der Waals surface area (Å²) in [4.78, 5) is 24.7. The summed E-state index contributed by atoms with van der Waals surface area (Å²) in [6.07, 6.45) is 1.59. The van der Waals surface area contributed by atoms with Crippen LogP contribution in [0, 0.1) is 0 Å². The summed E-state index contributed by atoms with van der Waals surface area (Å²) >= 11 is 0. The third-order valence-corrected chi connectivity index (χ3v) is 4.89. The highest BCUT2D eigenvalue weighted by atomic mass is 16.6. The van der Waals surface area contributed by atoms with E-state index in [1.165, 1.54) is 0 Å². The lowest BCUT2D eigenvalue weighted by Gasteiger charge is -2.17. The number of carbonyl (C=O) groups excluding carboxylic acids is 2. The second-order valence-corrected chi connectivity index (χ2v) is 7.05. The summed E-state index contributed by atoms with van der Waals surface area (Å²) in [5.74, 6) is -0.0563. The molecule has 2 aromatic rings. The van der Waals surface area contributed by atoms with Crippen LogP contribution in [0.25, 0.3) is 0 Å². The van der Waals surface area contributed by atoms with Crippen LogP contribution in [0.1, 0.15) is 62.5 Å². The van der Waals surface area contributed by atoms with E-state index in [9.17, 15) is 9.59 Å². The molecule has 5 nitrogen and oxygen atoms in total. The number of ether oxygens (including phenoxy) is 2. The van der Waals surface area contributed by atoms with Crippen molar-refractivity contribution in [2.75, 3.05) is 5.32 Å². The molecule has 5 heteroatoms. The van der Waals surface area contributed by atoms with E-state index in [4.69, 9.17) is 9.47 Å². The molecule has 0 saturated heterocycles. The number of aryl methyl sites for hydroxylation is 2. The second kappa shape index (κ2) is 10.6. The van der Waals surface area contributed by atoms with Gasteiger partial charge in [0.05, 0.1) is 6.10 Å². The van der Waals surface area contributed by atoms with Crippen molar-refractivity contribution in [1.82, 2.24) is 0 Å². The molecule has 156 valence electrons. The maximum atomic E-state index is 12.7. The van der Waals surface area contributed by atoms with E-state index in [0.717, 1.165) is 36.1 Å². The van der Waals surface area contributed by atoms with Crippen molar-refractivity contribution in [2.45, 2.75) is 66.1 Å². The Morgan fingerprint density at radius 2 is 1.52 bits per heavy atom. The van der Waals surface area contributed by atoms with E-state index < -0.39 is 12.1 Å². The van der Waals surface area contributed by atoms with Gasteiger partial charge in [0.2, 0.25) is 0 Å². The standard InChI is InChI=1S/C24H31NO4/c1-6-16(4)28-24(27)17(5)29-21-14-12-20(13-15-21)23(26)25-22-18(7-2)10-9-11-19(22)8-3/h9-17H,6-8H2,1-5H3,(H,25,26)/t16-,17+/m1/s1. The van der Waals surface area contributed by atoms with E-state index in [0.29, 0.717) is 11.3 Å². The van der Waals surface area contributed by atoms with Crippen molar-refractivity contribution in [3.63, 3.8) is 0 Å². The lowest BCUT2D eigenvalue weighted by atomic mass is 10.0. The molecule has 2 rings (SSSR count). The Labute approximate surface area is 173 Å². The number of rotatable bonds is 9. The quantitative estimate of drug-likeness (QED) is 0.593. The minimum absolute atomic E-state index is 0.140. The SMILES string of the molecule is CCc1cccc(CC)c1NC(=O)c1ccc(O[C@@H](C)C(=O)O[C@H](C)CC)cc1. The van der Waals surface area contributed by atoms with Gasteiger partial charge >= 0.3 is 5.97 Å². The van der Waals surface area contributed by atoms with Crippen LogP contribution in [0.2, 0.25) is 0 Å². The summed E-state index contributed by atoms with van der Waals surface area (Å²) < 4.78 is 10.9. The largest absolute Gasteiger partial charge is 0.479 e. The third-order valence-electron chi connectivity index (χ3n) is 4.89. The van der Waals surface area contributed by atoms with Gasteiger partial charge in [-0.15, -0.1) is 0 Å². The number of esters is 1. The molecule has 0 aromatic heterocycles. The topological polar surface area (TPSA) is 64.6 Å². The van der Waals surface area contributed by atoms with E-state index in [2.05, 4.69) is 19.2 Å². The smallest absolute Gasteiger partial charge is 0.347 e. The molecule has 0 radical (unpaired) electrons. The van der Waals surface area contributed by atoms with Gasteiger partial charge in [0.25, 0.3) is 5.91 Å². The molecule has 0 spiro atoms. The van der Waals surface area contributed by atoms with Crippen LogP contribution in [0.5, 0.6) is 5.75 Å². The fourth-order valence-electron chi connectivity index (χ4n) is 2.90.